The lowest BCUT2D eigenvalue weighted by Gasteiger charge is -2.33. The molecule has 1 aromatic carbocycles. The molecule has 136 valence electrons. The molecule has 5 nitrogen and oxygen atoms in total. The fourth-order valence-corrected chi connectivity index (χ4v) is 5.98. The van der Waals surface area contributed by atoms with Crippen LogP contribution in [0.15, 0.2) is 28.5 Å². The van der Waals surface area contributed by atoms with Crippen molar-refractivity contribution in [2.24, 2.45) is 0 Å². The standard InChI is InChI=1S/C17H21ClN2O3S2/c1-12-9-14(15(21)10-13(12)2)11-19-5-7-20(8-6-19)25(22,23)17-4-3-16(18)24-17/h3-4,9-10,21H,5-8,11H2,1-2H3. The number of nitrogens with zero attached hydrogens (tertiary/aromatic N) is 2. The zero-order chi connectivity index (χ0) is 18.2. The van der Waals surface area contributed by atoms with E-state index in [1.807, 2.05) is 19.9 Å². The quantitative estimate of drug-likeness (QED) is 0.855. The summed E-state index contributed by atoms with van der Waals surface area (Å²) in [5, 5.41) is 10.1. The number of piperazine rings is 1. The van der Waals surface area contributed by atoms with E-state index >= 15 is 0 Å². The van der Waals surface area contributed by atoms with Gasteiger partial charge in [0, 0.05) is 38.3 Å². The first-order valence-electron chi connectivity index (χ1n) is 8.04. The third-order valence-electron chi connectivity index (χ3n) is 4.56. The Hall–Kier alpha value is -1.12. The lowest BCUT2D eigenvalue weighted by Crippen LogP contribution is -2.48. The van der Waals surface area contributed by atoms with Gasteiger partial charge in [0.05, 0.1) is 4.34 Å². The van der Waals surface area contributed by atoms with Gasteiger partial charge in [-0.05, 0) is 43.2 Å². The van der Waals surface area contributed by atoms with Crippen LogP contribution in [-0.4, -0.2) is 48.9 Å². The minimum Gasteiger partial charge on any atom is -0.508 e. The van der Waals surface area contributed by atoms with E-state index in [0.717, 1.165) is 28.0 Å². The maximum absolute atomic E-state index is 12.6. The number of aryl methyl sites for hydroxylation is 2. The summed E-state index contributed by atoms with van der Waals surface area (Å²) < 4.78 is 27.5. The Bertz CT molecular complexity index is 872. The van der Waals surface area contributed by atoms with Crippen LogP contribution in [-0.2, 0) is 16.6 Å². The number of rotatable bonds is 4. The van der Waals surface area contributed by atoms with Crippen LogP contribution in [0.25, 0.3) is 0 Å². The molecule has 0 saturated carbocycles. The fourth-order valence-electron chi connectivity index (χ4n) is 2.92. The molecule has 2 aromatic rings. The van der Waals surface area contributed by atoms with Crippen molar-refractivity contribution < 1.29 is 13.5 Å². The first-order chi connectivity index (χ1) is 11.8. The van der Waals surface area contributed by atoms with Crippen LogP contribution in [0.2, 0.25) is 4.34 Å². The number of hydrogen-bond acceptors (Lipinski definition) is 5. The van der Waals surface area contributed by atoms with E-state index in [1.54, 1.807) is 18.2 Å². The molecule has 0 aliphatic carbocycles. The van der Waals surface area contributed by atoms with Gasteiger partial charge in [-0.15, -0.1) is 11.3 Å². The second-order valence-electron chi connectivity index (χ2n) is 6.30. The molecule has 0 atom stereocenters. The summed E-state index contributed by atoms with van der Waals surface area (Å²) in [6.07, 6.45) is 0. The van der Waals surface area contributed by atoms with Crippen molar-refractivity contribution in [2.45, 2.75) is 24.6 Å². The number of phenolic OH excluding ortho intramolecular Hbond substituents is 1. The van der Waals surface area contributed by atoms with E-state index < -0.39 is 10.0 Å². The van der Waals surface area contributed by atoms with Crippen molar-refractivity contribution in [3.8, 4) is 5.75 Å². The molecule has 0 spiro atoms. The van der Waals surface area contributed by atoms with Crippen LogP contribution in [0, 0.1) is 13.8 Å². The van der Waals surface area contributed by atoms with E-state index in [4.69, 9.17) is 11.6 Å². The van der Waals surface area contributed by atoms with E-state index in [9.17, 15) is 13.5 Å². The number of aromatic hydroxyl groups is 1. The van der Waals surface area contributed by atoms with Gasteiger partial charge in [0.1, 0.15) is 9.96 Å². The minimum atomic E-state index is -3.47. The molecular weight excluding hydrogens is 380 g/mol. The van der Waals surface area contributed by atoms with Crippen molar-refractivity contribution in [3.63, 3.8) is 0 Å². The Morgan fingerprint density at radius 1 is 1.12 bits per heavy atom. The summed E-state index contributed by atoms with van der Waals surface area (Å²) in [5.41, 5.74) is 3.08. The normalized spacial score (nSPS) is 17.1. The van der Waals surface area contributed by atoms with Gasteiger partial charge in [0.25, 0.3) is 10.0 Å². The third-order valence-corrected chi connectivity index (χ3v) is 8.16. The smallest absolute Gasteiger partial charge is 0.252 e. The second kappa shape index (κ2) is 7.25. The van der Waals surface area contributed by atoms with Gasteiger partial charge in [0.2, 0.25) is 0 Å². The van der Waals surface area contributed by atoms with Crippen LogP contribution in [0.1, 0.15) is 16.7 Å². The monoisotopic (exact) mass is 400 g/mol. The van der Waals surface area contributed by atoms with Gasteiger partial charge >= 0.3 is 0 Å². The minimum absolute atomic E-state index is 0.290. The Kier molecular flexibility index (Phi) is 5.41. The third kappa shape index (κ3) is 4.01. The molecule has 0 bridgehead atoms. The summed E-state index contributed by atoms with van der Waals surface area (Å²) in [5.74, 6) is 0.298. The van der Waals surface area contributed by atoms with Crippen molar-refractivity contribution in [3.05, 3.63) is 45.3 Å². The van der Waals surface area contributed by atoms with Crippen molar-refractivity contribution in [1.29, 1.82) is 0 Å². The number of sulfonamides is 1. The van der Waals surface area contributed by atoms with Crippen LogP contribution < -0.4 is 0 Å². The highest BCUT2D eigenvalue weighted by molar-refractivity contribution is 7.91. The Balaban J connectivity index is 1.65. The molecule has 2 heterocycles. The van der Waals surface area contributed by atoms with Gasteiger partial charge in [0.15, 0.2) is 0 Å². The summed E-state index contributed by atoms with van der Waals surface area (Å²) >= 11 is 6.95. The van der Waals surface area contributed by atoms with Gasteiger partial charge in [-0.2, -0.15) is 4.31 Å². The van der Waals surface area contributed by atoms with E-state index in [0.29, 0.717) is 42.8 Å². The molecule has 0 amide bonds. The zero-order valence-electron chi connectivity index (χ0n) is 14.2. The van der Waals surface area contributed by atoms with E-state index in [-0.39, 0.29) is 4.21 Å². The Labute approximate surface area is 157 Å². The van der Waals surface area contributed by atoms with Crippen LogP contribution in [0.3, 0.4) is 0 Å². The molecule has 0 unspecified atom stereocenters. The van der Waals surface area contributed by atoms with Crippen molar-refractivity contribution >= 4 is 33.0 Å². The van der Waals surface area contributed by atoms with Crippen LogP contribution in [0.4, 0.5) is 0 Å². The molecule has 0 radical (unpaired) electrons. The number of phenols is 1. The molecule has 1 N–H and O–H groups in total. The number of thiophene rings is 1. The number of benzene rings is 1. The van der Waals surface area contributed by atoms with Crippen LogP contribution in [0.5, 0.6) is 5.75 Å². The van der Waals surface area contributed by atoms with Crippen molar-refractivity contribution in [1.82, 2.24) is 9.21 Å². The highest BCUT2D eigenvalue weighted by atomic mass is 35.5. The van der Waals surface area contributed by atoms with Gasteiger partial charge in [-0.3, -0.25) is 4.90 Å². The molecule has 1 aliphatic rings. The first kappa shape index (κ1) is 18.7. The molecule has 1 fully saturated rings. The van der Waals surface area contributed by atoms with Gasteiger partial charge in [-0.25, -0.2) is 8.42 Å². The molecule has 1 saturated heterocycles. The first-order valence-corrected chi connectivity index (χ1v) is 10.7. The van der Waals surface area contributed by atoms with E-state index in [2.05, 4.69) is 4.90 Å². The van der Waals surface area contributed by atoms with Crippen LogP contribution >= 0.6 is 22.9 Å². The lowest BCUT2D eigenvalue weighted by molar-refractivity contribution is 0.180. The molecule has 8 heteroatoms. The molecule has 25 heavy (non-hydrogen) atoms. The summed E-state index contributed by atoms with van der Waals surface area (Å²) in [4.78, 5) is 2.16. The SMILES string of the molecule is Cc1cc(O)c(CN2CCN(S(=O)(=O)c3ccc(Cl)s3)CC2)cc1C. The number of halogens is 1. The largest absolute Gasteiger partial charge is 0.508 e. The Morgan fingerprint density at radius 2 is 1.76 bits per heavy atom. The van der Waals surface area contributed by atoms with E-state index in [1.165, 1.54) is 4.31 Å². The summed E-state index contributed by atoms with van der Waals surface area (Å²) in [6, 6.07) is 6.95. The highest BCUT2D eigenvalue weighted by Gasteiger charge is 2.29. The highest BCUT2D eigenvalue weighted by Crippen LogP contribution is 2.29. The Morgan fingerprint density at radius 3 is 2.36 bits per heavy atom. The maximum Gasteiger partial charge on any atom is 0.252 e. The lowest BCUT2D eigenvalue weighted by atomic mass is 10.0. The summed E-state index contributed by atoms with van der Waals surface area (Å²) in [7, 11) is -3.47. The second-order valence-corrected chi connectivity index (χ2v) is 10.2. The predicted molar refractivity (Wildman–Crippen MR) is 101 cm³/mol. The average molecular weight is 401 g/mol. The number of hydrogen-bond donors (Lipinski definition) is 1. The maximum atomic E-state index is 12.6. The van der Waals surface area contributed by atoms with Gasteiger partial charge in [-0.1, -0.05) is 17.7 Å². The topological polar surface area (TPSA) is 60.9 Å². The van der Waals surface area contributed by atoms with Gasteiger partial charge < -0.3 is 5.11 Å². The summed E-state index contributed by atoms with van der Waals surface area (Å²) in [6.45, 7) is 6.74. The predicted octanol–water partition coefficient (Wildman–Crippen LogP) is 3.23. The average Bonchev–Trinajstić information content (AvgIpc) is 3.00. The molecule has 1 aromatic heterocycles. The molecular formula is C17H21ClN2O3S2. The zero-order valence-corrected chi connectivity index (χ0v) is 16.6. The van der Waals surface area contributed by atoms with Crippen molar-refractivity contribution in [2.75, 3.05) is 26.2 Å². The molecule has 1 aliphatic heterocycles. The molecule has 3 rings (SSSR count). The fraction of sp³-hybridized carbons (Fsp3) is 0.412.